The zero-order valence-electron chi connectivity index (χ0n) is 11.9. The van der Waals surface area contributed by atoms with Crippen LogP contribution in [0.25, 0.3) is 0 Å². The molecule has 17 heavy (non-hydrogen) atoms. The maximum absolute atomic E-state index is 10.9. The average molecular weight is 246 g/mol. The molecule has 0 fully saturated rings. The van der Waals surface area contributed by atoms with Gasteiger partial charge in [-0.2, -0.15) is 0 Å². The minimum atomic E-state index is -0.541. The van der Waals surface area contributed by atoms with Gasteiger partial charge in [-0.1, -0.05) is 26.7 Å². The molecule has 0 aliphatic rings. The van der Waals surface area contributed by atoms with Gasteiger partial charge in [-0.15, -0.1) is 0 Å². The van der Waals surface area contributed by atoms with E-state index < -0.39 is 11.9 Å². The van der Waals surface area contributed by atoms with Crippen LogP contribution in [-0.4, -0.2) is 24.1 Å². The molecule has 0 amide bonds. The second-order valence-electron chi connectivity index (χ2n) is 4.25. The van der Waals surface area contributed by atoms with E-state index in [-0.39, 0.29) is 18.6 Å². The predicted octanol–water partition coefficient (Wildman–Crippen LogP) is 3.09. The zero-order chi connectivity index (χ0) is 13.8. The summed E-state index contributed by atoms with van der Waals surface area (Å²) in [6.07, 6.45) is 1.94. The van der Waals surface area contributed by atoms with Crippen LogP contribution in [0, 0.1) is 0 Å². The molecule has 0 heterocycles. The van der Waals surface area contributed by atoms with E-state index in [1.165, 1.54) is 12.8 Å². The van der Waals surface area contributed by atoms with Gasteiger partial charge in [-0.3, -0.25) is 9.59 Å². The van der Waals surface area contributed by atoms with E-state index in [1.54, 1.807) is 27.7 Å². The van der Waals surface area contributed by atoms with Crippen molar-refractivity contribution >= 4 is 11.9 Å². The van der Waals surface area contributed by atoms with Crippen molar-refractivity contribution in [1.29, 1.82) is 0 Å². The second kappa shape index (κ2) is 11.4. The number of carbonyl (C=O) groups excluding carboxylic acids is 2. The largest absolute Gasteiger partial charge is 0.463 e. The fraction of sp³-hybridized carbons (Fsp3) is 0.846. The van der Waals surface area contributed by atoms with Gasteiger partial charge >= 0.3 is 11.9 Å². The van der Waals surface area contributed by atoms with Crippen molar-refractivity contribution in [3.8, 4) is 0 Å². The SMILES string of the molecule is CC(C)OC(=O)CC(=O)OC(C)C.CCCC. The van der Waals surface area contributed by atoms with Gasteiger partial charge in [0.1, 0.15) is 6.42 Å². The Balaban J connectivity index is 0. The van der Waals surface area contributed by atoms with Gasteiger partial charge < -0.3 is 9.47 Å². The predicted molar refractivity (Wildman–Crippen MR) is 67.7 cm³/mol. The van der Waals surface area contributed by atoms with Gasteiger partial charge in [0.2, 0.25) is 0 Å². The number of esters is 2. The lowest BCUT2D eigenvalue weighted by Gasteiger charge is -2.09. The van der Waals surface area contributed by atoms with Gasteiger partial charge in [0.05, 0.1) is 12.2 Å². The highest BCUT2D eigenvalue weighted by Gasteiger charge is 2.14. The summed E-state index contributed by atoms with van der Waals surface area (Å²) in [6.45, 7) is 11.3. The summed E-state index contributed by atoms with van der Waals surface area (Å²) in [5.74, 6) is -1.08. The summed E-state index contributed by atoms with van der Waals surface area (Å²) in [6, 6.07) is 0. The molecule has 0 atom stereocenters. The van der Waals surface area contributed by atoms with Crippen LogP contribution in [0.4, 0.5) is 0 Å². The number of ether oxygens (including phenoxy) is 2. The van der Waals surface area contributed by atoms with Gasteiger partial charge in [0.25, 0.3) is 0 Å². The zero-order valence-corrected chi connectivity index (χ0v) is 11.9. The highest BCUT2D eigenvalue weighted by molar-refractivity contribution is 5.91. The summed E-state index contributed by atoms with van der Waals surface area (Å²) in [7, 11) is 0. The molecular weight excluding hydrogens is 220 g/mol. The molecule has 0 rings (SSSR count). The standard InChI is InChI=1S/C9H16O4.C4H10/c1-6(2)12-8(10)5-9(11)13-7(3)4;1-3-4-2/h6-7H,5H2,1-4H3;3-4H2,1-2H3. The summed E-state index contributed by atoms with van der Waals surface area (Å²) >= 11 is 0. The number of carbonyl (C=O) groups is 2. The van der Waals surface area contributed by atoms with Crippen LogP contribution in [0.5, 0.6) is 0 Å². The molecule has 0 N–H and O–H groups in total. The summed E-state index contributed by atoms with van der Waals surface area (Å²) < 4.78 is 9.53. The van der Waals surface area contributed by atoms with E-state index >= 15 is 0 Å². The first-order chi connectivity index (χ1) is 7.83. The van der Waals surface area contributed by atoms with E-state index in [2.05, 4.69) is 13.8 Å². The lowest BCUT2D eigenvalue weighted by molar-refractivity contribution is -0.158. The van der Waals surface area contributed by atoms with Crippen molar-refractivity contribution in [3.05, 3.63) is 0 Å². The van der Waals surface area contributed by atoms with E-state index in [0.29, 0.717) is 0 Å². The minimum Gasteiger partial charge on any atom is -0.463 e. The van der Waals surface area contributed by atoms with Crippen molar-refractivity contribution in [2.24, 2.45) is 0 Å². The van der Waals surface area contributed by atoms with Crippen molar-refractivity contribution in [1.82, 2.24) is 0 Å². The van der Waals surface area contributed by atoms with Gasteiger partial charge in [0.15, 0.2) is 0 Å². The quantitative estimate of drug-likeness (QED) is 0.552. The molecule has 0 radical (unpaired) electrons. The van der Waals surface area contributed by atoms with Crippen molar-refractivity contribution in [2.45, 2.75) is 73.0 Å². The third kappa shape index (κ3) is 17.5. The molecule has 0 saturated carbocycles. The van der Waals surface area contributed by atoms with Gasteiger partial charge in [-0.25, -0.2) is 0 Å². The Bertz CT molecular complexity index is 187. The first-order valence-corrected chi connectivity index (χ1v) is 6.22. The van der Waals surface area contributed by atoms with Crippen LogP contribution < -0.4 is 0 Å². The first-order valence-electron chi connectivity index (χ1n) is 6.22. The highest BCUT2D eigenvalue weighted by Crippen LogP contribution is 1.97. The molecule has 0 spiro atoms. The molecule has 0 aromatic rings. The van der Waals surface area contributed by atoms with E-state index in [4.69, 9.17) is 9.47 Å². The third-order valence-electron chi connectivity index (χ3n) is 1.52. The Labute approximate surface area is 105 Å². The van der Waals surface area contributed by atoms with Crippen LogP contribution in [0.3, 0.4) is 0 Å². The van der Waals surface area contributed by atoms with E-state index in [1.807, 2.05) is 0 Å². The number of hydrogen-bond donors (Lipinski definition) is 0. The van der Waals surface area contributed by atoms with Gasteiger partial charge in [-0.05, 0) is 27.7 Å². The number of rotatable bonds is 5. The van der Waals surface area contributed by atoms with Crippen LogP contribution in [-0.2, 0) is 19.1 Å². The Kier molecular flexibility index (Phi) is 12.3. The highest BCUT2D eigenvalue weighted by atomic mass is 16.6. The average Bonchev–Trinajstić information content (AvgIpc) is 2.15. The molecule has 0 aliphatic carbocycles. The van der Waals surface area contributed by atoms with Crippen LogP contribution in [0.1, 0.15) is 60.8 Å². The number of unbranched alkanes of at least 4 members (excludes halogenated alkanes) is 1. The van der Waals surface area contributed by atoms with Crippen LogP contribution in [0.2, 0.25) is 0 Å². The molecule has 102 valence electrons. The van der Waals surface area contributed by atoms with E-state index in [9.17, 15) is 9.59 Å². The van der Waals surface area contributed by atoms with Crippen molar-refractivity contribution in [3.63, 3.8) is 0 Å². The van der Waals surface area contributed by atoms with E-state index in [0.717, 1.165) is 0 Å². The fourth-order valence-electron chi connectivity index (χ4n) is 0.727. The molecule has 0 unspecified atom stereocenters. The molecule has 0 aromatic heterocycles. The molecule has 0 aliphatic heterocycles. The third-order valence-corrected chi connectivity index (χ3v) is 1.52. The Hall–Kier alpha value is -1.06. The lowest BCUT2D eigenvalue weighted by Crippen LogP contribution is -2.19. The van der Waals surface area contributed by atoms with Gasteiger partial charge in [0, 0.05) is 0 Å². The Morgan fingerprint density at radius 1 is 0.824 bits per heavy atom. The van der Waals surface area contributed by atoms with Crippen molar-refractivity contribution < 1.29 is 19.1 Å². The van der Waals surface area contributed by atoms with Crippen molar-refractivity contribution in [2.75, 3.05) is 0 Å². The first kappa shape index (κ1) is 18.3. The molecule has 4 heteroatoms. The minimum absolute atomic E-state index is 0.195. The molecule has 4 nitrogen and oxygen atoms in total. The maximum Gasteiger partial charge on any atom is 0.317 e. The normalized spacial score (nSPS) is 9.65. The second-order valence-corrected chi connectivity index (χ2v) is 4.25. The molecular formula is C13H26O4. The van der Waals surface area contributed by atoms with Crippen LogP contribution >= 0.6 is 0 Å². The lowest BCUT2D eigenvalue weighted by atomic mass is 10.4. The molecule has 0 saturated heterocycles. The fourth-order valence-corrected chi connectivity index (χ4v) is 0.727. The molecule has 0 aromatic carbocycles. The Morgan fingerprint density at radius 3 is 1.29 bits per heavy atom. The topological polar surface area (TPSA) is 52.6 Å². The Morgan fingerprint density at radius 2 is 1.12 bits per heavy atom. The summed E-state index contributed by atoms with van der Waals surface area (Å²) in [4.78, 5) is 21.8. The number of hydrogen-bond acceptors (Lipinski definition) is 4. The smallest absolute Gasteiger partial charge is 0.317 e. The monoisotopic (exact) mass is 246 g/mol. The molecule has 0 bridgehead atoms. The summed E-state index contributed by atoms with van der Waals surface area (Å²) in [5, 5.41) is 0. The maximum atomic E-state index is 10.9. The summed E-state index contributed by atoms with van der Waals surface area (Å²) in [5.41, 5.74) is 0. The van der Waals surface area contributed by atoms with Crippen LogP contribution in [0.15, 0.2) is 0 Å².